The Morgan fingerprint density at radius 2 is 1.73 bits per heavy atom. The first-order valence-electron chi connectivity index (χ1n) is 10.6. The van der Waals surface area contributed by atoms with Crippen molar-refractivity contribution in [1.82, 2.24) is 19.9 Å². The molecule has 0 aliphatic heterocycles. The van der Waals surface area contributed by atoms with Gasteiger partial charge in [-0.3, -0.25) is 0 Å². The monoisotopic (exact) mass is 484 g/mol. The molecule has 0 atom stereocenters. The van der Waals surface area contributed by atoms with Gasteiger partial charge in [0, 0.05) is 25.8 Å². The maximum Gasteiger partial charge on any atom is 0.248 e. The van der Waals surface area contributed by atoms with Gasteiger partial charge < -0.3 is 9.47 Å². The summed E-state index contributed by atoms with van der Waals surface area (Å²) in [4.78, 5) is 18.5. The minimum Gasteiger partial charge on any atom is -0.347 e. The molecule has 0 spiro atoms. The molecule has 0 bridgehead atoms. The van der Waals surface area contributed by atoms with Crippen molar-refractivity contribution in [3.05, 3.63) is 76.7 Å². The van der Waals surface area contributed by atoms with Crippen LogP contribution < -0.4 is 0 Å². The number of hydrogen-bond donors (Lipinski definition) is 0. The van der Waals surface area contributed by atoms with Crippen LogP contribution in [-0.4, -0.2) is 41.6 Å². The van der Waals surface area contributed by atoms with Crippen molar-refractivity contribution in [2.24, 2.45) is 0 Å². The lowest BCUT2D eigenvalue weighted by atomic mass is 10.2. The van der Waals surface area contributed by atoms with Crippen LogP contribution in [0, 0.1) is 0 Å². The van der Waals surface area contributed by atoms with Gasteiger partial charge >= 0.3 is 0 Å². The fourth-order valence-corrected chi connectivity index (χ4v) is 5.45. The van der Waals surface area contributed by atoms with Crippen LogP contribution in [-0.2, 0) is 31.5 Å². The second-order valence-corrected chi connectivity index (χ2v) is 10.1. The average molecular weight is 485 g/mol. The molecule has 4 rings (SSSR count). The molecular weight excluding hydrogens is 460 g/mol. The van der Waals surface area contributed by atoms with Gasteiger partial charge in [0.2, 0.25) is 21.3 Å². The van der Waals surface area contributed by atoms with E-state index in [0.717, 1.165) is 15.4 Å². The van der Waals surface area contributed by atoms with Crippen LogP contribution in [0.25, 0.3) is 10.3 Å². The molecule has 3 aromatic heterocycles. The van der Waals surface area contributed by atoms with E-state index in [2.05, 4.69) is 19.9 Å². The summed E-state index contributed by atoms with van der Waals surface area (Å²) in [5.74, 6) is -0.199. The van der Waals surface area contributed by atoms with E-state index in [-0.39, 0.29) is 10.9 Å². The zero-order chi connectivity index (χ0) is 23.3. The van der Waals surface area contributed by atoms with E-state index in [1.807, 2.05) is 32.0 Å². The SMILES string of the molecule is CCOC(OCC)c1cc(Cc2nc3cccnc3s2)nc(S(=O)(=O)Cc2ccccc2)n1. The predicted octanol–water partition coefficient (Wildman–Crippen LogP) is 4.12. The zero-order valence-corrected chi connectivity index (χ0v) is 20.0. The third kappa shape index (κ3) is 5.77. The van der Waals surface area contributed by atoms with Crippen LogP contribution in [0.1, 0.15) is 42.1 Å². The fraction of sp³-hybridized carbons (Fsp3) is 0.304. The molecule has 0 fully saturated rings. The first-order valence-corrected chi connectivity index (χ1v) is 13.0. The molecule has 10 heteroatoms. The average Bonchev–Trinajstić information content (AvgIpc) is 3.21. The quantitative estimate of drug-likeness (QED) is 0.245. The first-order chi connectivity index (χ1) is 16.0. The Morgan fingerprint density at radius 3 is 2.42 bits per heavy atom. The van der Waals surface area contributed by atoms with E-state index < -0.39 is 16.1 Å². The van der Waals surface area contributed by atoms with Gasteiger partial charge in [-0.1, -0.05) is 41.7 Å². The van der Waals surface area contributed by atoms with Crippen molar-refractivity contribution < 1.29 is 17.9 Å². The van der Waals surface area contributed by atoms with E-state index >= 15 is 0 Å². The van der Waals surface area contributed by atoms with Gasteiger partial charge in [-0.15, -0.1) is 0 Å². The normalized spacial score (nSPS) is 12.0. The number of fused-ring (bicyclic) bond motifs is 1. The van der Waals surface area contributed by atoms with Crippen LogP contribution in [0.5, 0.6) is 0 Å². The Kier molecular flexibility index (Phi) is 7.39. The predicted molar refractivity (Wildman–Crippen MR) is 126 cm³/mol. The minimum absolute atomic E-state index is 0.199. The van der Waals surface area contributed by atoms with Crippen molar-refractivity contribution in [3.8, 4) is 0 Å². The summed E-state index contributed by atoms with van der Waals surface area (Å²) < 4.78 is 37.8. The van der Waals surface area contributed by atoms with E-state index in [0.29, 0.717) is 36.6 Å². The summed E-state index contributed by atoms with van der Waals surface area (Å²) in [5.41, 5.74) is 2.35. The summed E-state index contributed by atoms with van der Waals surface area (Å²) in [6.45, 7) is 4.46. The third-order valence-corrected chi connectivity index (χ3v) is 7.11. The van der Waals surface area contributed by atoms with Gasteiger partial charge in [-0.05, 0) is 37.6 Å². The number of ether oxygens (including phenoxy) is 2. The largest absolute Gasteiger partial charge is 0.347 e. The summed E-state index contributed by atoms with van der Waals surface area (Å²) in [7, 11) is -3.80. The van der Waals surface area contributed by atoms with Crippen LogP contribution in [0.15, 0.2) is 59.9 Å². The van der Waals surface area contributed by atoms with Gasteiger partial charge in [0.1, 0.15) is 21.0 Å². The number of pyridine rings is 1. The molecule has 0 unspecified atom stereocenters. The highest BCUT2D eigenvalue weighted by Gasteiger charge is 2.24. The molecular formula is C23H24N4O4S2. The molecule has 0 aliphatic carbocycles. The smallest absolute Gasteiger partial charge is 0.248 e. The molecule has 4 aromatic rings. The van der Waals surface area contributed by atoms with Crippen molar-refractivity contribution in [2.75, 3.05) is 13.2 Å². The number of aromatic nitrogens is 4. The highest BCUT2D eigenvalue weighted by molar-refractivity contribution is 7.90. The van der Waals surface area contributed by atoms with Crippen LogP contribution in [0.3, 0.4) is 0 Å². The van der Waals surface area contributed by atoms with Crippen molar-refractivity contribution in [2.45, 2.75) is 37.5 Å². The van der Waals surface area contributed by atoms with Crippen LogP contribution in [0.2, 0.25) is 0 Å². The minimum atomic E-state index is -3.80. The summed E-state index contributed by atoms with van der Waals surface area (Å²) in [5, 5.41) is 0.534. The lowest BCUT2D eigenvalue weighted by molar-refractivity contribution is -0.143. The van der Waals surface area contributed by atoms with Gasteiger partial charge in [0.25, 0.3) is 0 Å². The standard InChI is InChI=1S/C23H24N4O4S2/c1-3-30-22(31-4-2)19-13-17(14-20-26-18-11-8-12-24-21(18)32-20)25-23(27-19)33(28,29)15-16-9-6-5-7-10-16/h5-13,22H,3-4,14-15H2,1-2H3. The van der Waals surface area contributed by atoms with Gasteiger partial charge in [0.05, 0.1) is 11.4 Å². The molecule has 33 heavy (non-hydrogen) atoms. The molecule has 0 aliphatic rings. The lowest BCUT2D eigenvalue weighted by Gasteiger charge is -2.17. The number of benzene rings is 1. The zero-order valence-electron chi connectivity index (χ0n) is 18.3. The van der Waals surface area contributed by atoms with E-state index in [1.54, 1.807) is 36.5 Å². The number of thiazole rings is 1. The fourth-order valence-electron chi connectivity index (χ4n) is 3.27. The second-order valence-electron chi connectivity index (χ2n) is 7.17. The Morgan fingerprint density at radius 1 is 0.970 bits per heavy atom. The molecule has 3 heterocycles. The molecule has 1 aromatic carbocycles. The Bertz CT molecular complexity index is 1290. The molecule has 0 saturated heterocycles. The van der Waals surface area contributed by atoms with E-state index in [9.17, 15) is 8.42 Å². The summed E-state index contributed by atoms with van der Waals surface area (Å²) in [6, 6.07) is 14.4. The number of nitrogens with zero attached hydrogens (tertiary/aromatic N) is 4. The Hall–Kier alpha value is -2.79. The van der Waals surface area contributed by atoms with Gasteiger partial charge in [-0.2, -0.15) is 0 Å². The second kappa shape index (κ2) is 10.4. The molecule has 0 amide bonds. The highest BCUT2D eigenvalue weighted by Crippen LogP contribution is 2.25. The third-order valence-electron chi connectivity index (χ3n) is 4.68. The summed E-state index contributed by atoms with van der Waals surface area (Å²) in [6.07, 6.45) is 1.27. The van der Waals surface area contributed by atoms with Crippen LogP contribution >= 0.6 is 11.3 Å². The van der Waals surface area contributed by atoms with E-state index in [4.69, 9.17) is 9.47 Å². The maximum absolute atomic E-state index is 13.2. The highest BCUT2D eigenvalue weighted by atomic mass is 32.2. The Balaban J connectivity index is 1.73. The van der Waals surface area contributed by atoms with Gasteiger partial charge in [-0.25, -0.2) is 28.4 Å². The van der Waals surface area contributed by atoms with E-state index in [1.165, 1.54) is 11.3 Å². The lowest BCUT2D eigenvalue weighted by Crippen LogP contribution is -2.17. The topological polar surface area (TPSA) is 104 Å². The Labute approximate surface area is 196 Å². The molecule has 172 valence electrons. The number of sulfone groups is 1. The molecule has 8 nitrogen and oxygen atoms in total. The molecule has 0 saturated carbocycles. The first kappa shape index (κ1) is 23.4. The molecule has 0 radical (unpaired) electrons. The van der Waals surface area contributed by atoms with Crippen LogP contribution in [0.4, 0.5) is 0 Å². The number of hydrogen-bond acceptors (Lipinski definition) is 9. The number of rotatable bonds is 10. The molecule has 0 N–H and O–H groups in total. The summed E-state index contributed by atoms with van der Waals surface area (Å²) >= 11 is 1.45. The van der Waals surface area contributed by atoms with Gasteiger partial charge in [0.15, 0.2) is 0 Å². The van der Waals surface area contributed by atoms with Crippen molar-refractivity contribution in [3.63, 3.8) is 0 Å². The van der Waals surface area contributed by atoms with Crippen molar-refractivity contribution in [1.29, 1.82) is 0 Å². The maximum atomic E-state index is 13.2. The van der Waals surface area contributed by atoms with Crippen molar-refractivity contribution >= 4 is 31.5 Å².